The molecule has 1 aromatic carbocycles. The Labute approximate surface area is 147 Å². The van der Waals surface area contributed by atoms with E-state index < -0.39 is 0 Å². The number of hydrogen-bond donors (Lipinski definition) is 1. The third kappa shape index (κ3) is 4.09. The van der Waals surface area contributed by atoms with Gasteiger partial charge in [0.15, 0.2) is 0 Å². The molecule has 0 radical (unpaired) electrons. The maximum absolute atomic E-state index is 12.8. The van der Waals surface area contributed by atoms with Crippen molar-refractivity contribution in [2.24, 2.45) is 0 Å². The minimum absolute atomic E-state index is 0.0144. The van der Waals surface area contributed by atoms with Gasteiger partial charge in [-0.3, -0.25) is 0 Å². The molecule has 2 heterocycles. The lowest BCUT2D eigenvalue weighted by atomic mass is 10.1. The van der Waals surface area contributed by atoms with Gasteiger partial charge in [0, 0.05) is 17.1 Å². The van der Waals surface area contributed by atoms with Crippen molar-refractivity contribution in [3.8, 4) is 5.75 Å². The molecule has 2 aromatic rings. The first-order valence-electron chi connectivity index (χ1n) is 8.62. The van der Waals surface area contributed by atoms with E-state index in [0.717, 1.165) is 30.8 Å². The molecule has 1 saturated heterocycles. The van der Waals surface area contributed by atoms with E-state index >= 15 is 0 Å². The standard InChI is InChI=1S/C19H24N2O2S/c1-2-23-16-11-9-15(10-12-16)20-19(22)21-13-5-3-4-7-17(21)18-8-6-14-24-18/h6,8-12,14,17H,2-5,7,13H2,1H3,(H,20,22)/t17-/m0/s1. The minimum Gasteiger partial charge on any atom is -0.494 e. The average molecular weight is 344 g/mol. The maximum Gasteiger partial charge on any atom is 0.322 e. The van der Waals surface area contributed by atoms with E-state index in [9.17, 15) is 4.79 Å². The van der Waals surface area contributed by atoms with Gasteiger partial charge in [0.1, 0.15) is 5.75 Å². The Morgan fingerprint density at radius 1 is 1.25 bits per heavy atom. The summed E-state index contributed by atoms with van der Waals surface area (Å²) < 4.78 is 5.44. The molecule has 1 atom stereocenters. The summed E-state index contributed by atoms with van der Waals surface area (Å²) in [5.74, 6) is 0.821. The number of likely N-dealkylation sites (tertiary alicyclic amines) is 1. The van der Waals surface area contributed by atoms with Crippen molar-refractivity contribution in [2.75, 3.05) is 18.5 Å². The summed E-state index contributed by atoms with van der Waals surface area (Å²) >= 11 is 1.74. The first kappa shape index (κ1) is 16.8. The number of carbonyl (C=O) groups is 1. The average Bonchev–Trinajstić information content (AvgIpc) is 3.01. The van der Waals surface area contributed by atoms with Crippen molar-refractivity contribution in [1.82, 2.24) is 4.90 Å². The Bertz CT molecular complexity index is 640. The van der Waals surface area contributed by atoms with Crippen molar-refractivity contribution in [3.05, 3.63) is 46.7 Å². The van der Waals surface area contributed by atoms with Gasteiger partial charge < -0.3 is 15.0 Å². The molecule has 0 aliphatic carbocycles. The smallest absolute Gasteiger partial charge is 0.322 e. The second-order valence-electron chi connectivity index (χ2n) is 5.96. The predicted molar refractivity (Wildman–Crippen MR) is 98.9 cm³/mol. The van der Waals surface area contributed by atoms with Gasteiger partial charge >= 0.3 is 6.03 Å². The largest absolute Gasteiger partial charge is 0.494 e. The Morgan fingerprint density at radius 3 is 2.79 bits per heavy atom. The molecule has 2 amide bonds. The number of hydrogen-bond acceptors (Lipinski definition) is 3. The van der Waals surface area contributed by atoms with Crippen LogP contribution in [0.3, 0.4) is 0 Å². The summed E-state index contributed by atoms with van der Waals surface area (Å²) in [5, 5.41) is 5.12. The number of ether oxygens (including phenoxy) is 1. The van der Waals surface area contributed by atoms with E-state index in [-0.39, 0.29) is 12.1 Å². The molecule has 5 heteroatoms. The van der Waals surface area contributed by atoms with Gasteiger partial charge in [-0.15, -0.1) is 11.3 Å². The predicted octanol–water partition coefficient (Wildman–Crippen LogP) is 5.30. The van der Waals surface area contributed by atoms with Crippen LogP contribution in [0.25, 0.3) is 0 Å². The van der Waals surface area contributed by atoms with Crippen LogP contribution in [0, 0.1) is 0 Å². The molecular formula is C19H24N2O2S. The molecule has 0 spiro atoms. The topological polar surface area (TPSA) is 41.6 Å². The highest BCUT2D eigenvalue weighted by Gasteiger charge is 2.27. The lowest BCUT2D eigenvalue weighted by molar-refractivity contribution is 0.190. The van der Waals surface area contributed by atoms with E-state index in [0.29, 0.717) is 6.61 Å². The van der Waals surface area contributed by atoms with Gasteiger partial charge in [0.05, 0.1) is 12.6 Å². The first-order chi connectivity index (χ1) is 11.8. The number of benzene rings is 1. The summed E-state index contributed by atoms with van der Waals surface area (Å²) in [7, 11) is 0. The number of urea groups is 1. The van der Waals surface area contributed by atoms with Crippen LogP contribution in [0.2, 0.25) is 0 Å². The quantitative estimate of drug-likeness (QED) is 0.818. The third-order valence-corrected chi connectivity index (χ3v) is 5.28. The summed E-state index contributed by atoms with van der Waals surface area (Å²) in [4.78, 5) is 16.1. The van der Waals surface area contributed by atoms with E-state index in [1.807, 2.05) is 36.1 Å². The molecule has 0 bridgehead atoms. The van der Waals surface area contributed by atoms with E-state index in [4.69, 9.17) is 4.74 Å². The molecule has 1 N–H and O–H groups in total. The zero-order chi connectivity index (χ0) is 16.8. The van der Waals surface area contributed by atoms with Crippen molar-refractivity contribution in [2.45, 2.75) is 38.6 Å². The van der Waals surface area contributed by atoms with Crippen LogP contribution < -0.4 is 10.1 Å². The van der Waals surface area contributed by atoms with Crippen LogP contribution in [0.4, 0.5) is 10.5 Å². The Balaban J connectivity index is 1.71. The molecule has 24 heavy (non-hydrogen) atoms. The lowest BCUT2D eigenvalue weighted by Crippen LogP contribution is -2.37. The van der Waals surface area contributed by atoms with Crippen molar-refractivity contribution < 1.29 is 9.53 Å². The Morgan fingerprint density at radius 2 is 2.08 bits per heavy atom. The van der Waals surface area contributed by atoms with Crippen molar-refractivity contribution in [3.63, 3.8) is 0 Å². The molecule has 0 saturated carbocycles. The maximum atomic E-state index is 12.8. The number of thiophene rings is 1. The fraction of sp³-hybridized carbons (Fsp3) is 0.421. The summed E-state index contributed by atoms with van der Waals surface area (Å²) in [6, 6.07) is 11.9. The fourth-order valence-corrected chi connectivity index (χ4v) is 4.00. The van der Waals surface area contributed by atoms with Crippen LogP contribution in [0.1, 0.15) is 43.5 Å². The van der Waals surface area contributed by atoms with Gasteiger partial charge in [-0.1, -0.05) is 18.9 Å². The molecule has 3 rings (SSSR count). The molecule has 4 nitrogen and oxygen atoms in total. The summed E-state index contributed by atoms with van der Waals surface area (Å²) in [5.41, 5.74) is 0.803. The number of amides is 2. The third-order valence-electron chi connectivity index (χ3n) is 4.30. The number of rotatable bonds is 4. The molecule has 1 aromatic heterocycles. The van der Waals surface area contributed by atoms with Crippen LogP contribution in [0.15, 0.2) is 41.8 Å². The Kier molecular flexibility index (Phi) is 5.75. The SMILES string of the molecule is CCOc1ccc(NC(=O)N2CCCCC[C@H]2c2cccs2)cc1. The lowest BCUT2D eigenvalue weighted by Gasteiger charge is -2.29. The van der Waals surface area contributed by atoms with Gasteiger partial charge in [-0.05, 0) is 55.5 Å². The van der Waals surface area contributed by atoms with Gasteiger partial charge in [-0.25, -0.2) is 4.79 Å². The fourth-order valence-electron chi connectivity index (χ4n) is 3.12. The van der Waals surface area contributed by atoms with Gasteiger partial charge in [0.2, 0.25) is 0 Å². The minimum atomic E-state index is -0.0144. The number of carbonyl (C=O) groups excluding carboxylic acids is 1. The second-order valence-corrected chi connectivity index (χ2v) is 6.94. The normalized spacial score (nSPS) is 18.0. The van der Waals surface area contributed by atoms with Crippen LogP contribution in [-0.2, 0) is 0 Å². The zero-order valence-electron chi connectivity index (χ0n) is 14.0. The number of anilines is 1. The molecule has 128 valence electrons. The molecule has 0 unspecified atom stereocenters. The van der Waals surface area contributed by atoms with E-state index in [1.54, 1.807) is 11.3 Å². The molecule has 1 aliphatic rings. The highest BCUT2D eigenvalue weighted by atomic mass is 32.1. The van der Waals surface area contributed by atoms with Gasteiger partial charge in [-0.2, -0.15) is 0 Å². The molecule has 1 aliphatic heterocycles. The Hall–Kier alpha value is -2.01. The zero-order valence-corrected chi connectivity index (χ0v) is 14.8. The van der Waals surface area contributed by atoms with Crippen LogP contribution >= 0.6 is 11.3 Å². The number of nitrogens with one attached hydrogen (secondary N) is 1. The summed E-state index contributed by atoms with van der Waals surface area (Å²) in [6.45, 7) is 3.41. The molecular weight excluding hydrogens is 320 g/mol. The highest BCUT2D eigenvalue weighted by Crippen LogP contribution is 2.33. The second kappa shape index (κ2) is 8.20. The number of nitrogens with zero attached hydrogens (tertiary/aromatic N) is 1. The molecule has 1 fully saturated rings. The highest BCUT2D eigenvalue weighted by molar-refractivity contribution is 7.10. The van der Waals surface area contributed by atoms with Crippen molar-refractivity contribution >= 4 is 23.1 Å². The van der Waals surface area contributed by atoms with Gasteiger partial charge in [0.25, 0.3) is 0 Å². The van der Waals surface area contributed by atoms with E-state index in [1.165, 1.54) is 17.7 Å². The monoisotopic (exact) mass is 344 g/mol. The summed E-state index contributed by atoms with van der Waals surface area (Å²) in [6.07, 6.45) is 4.47. The van der Waals surface area contributed by atoms with Crippen LogP contribution in [0.5, 0.6) is 5.75 Å². The first-order valence-corrected chi connectivity index (χ1v) is 9.50. The van der Waals surface area contributed by atoms with Crippen molar-refractivity contribution in [1.29, 1.82) is 0 Å². The van der Waals surface area contributed by atoms with Crippen LogP contribution in [-0.4, -0.2) is 24.1 Å². The van der Waals surface area contributed by atoms with E-state index in [2.05, 4.69) is 22.8 Å².